The van der Waals surface area contributed by atoms with Gasteiger partial charge >= 0.3 is 0 Å². The zero-order chi connectivity index (χ0) is 20.2. The zero-order valence-electron chi connectivity index (χ0n) is 16.6. The van der Waals surface area contributed by atoms with Crippen LogP contribution in [0.2, 0.25) is 0 Å². The van der Waals surface area contributed by atoms with E-state index in [9.17, 15) is 4.79 Å². The van der Waals surface area contributed by atoms with Gasteiger partial charge in [-0.25, -0.2) is 4.98 Å². The van der Waals surface area contributed by atoms with Crippen molar-refractivity contribution in [1.29, 1.82) is 0 Å². The summed E-state index contributed by atoms with van der Waals surface area (Å²) < 4.78 is 16.8. The van der Waals surface area contributed by atoms with Gasteiger partial charge in [0.15, 0.2) is 23.1 Å². The molecular formula is C23H24N2O4. The van der Waals surface area contributed by atoms with Gasteiger partial charge in [0.25, 0.3) is 0 Å². The molecule has 0 spiro atoms. The van der Waals surface area contributed by atoms with Crippen LogP contribution in [-0.4, -0.2) is 24.1 Å². The lowest BCUT2D eigenvalue weighted by atomic mass is 10.0. The third kappa shape index (κ3) is 4.59. The third-order valence-corrected chi connectivity index (χ3v) is 4.81. The Morgan fingerprint density at radius 2 is 1.83 bits per heavy atom. The fraction of sp³-hybridized carbons (Fsp3) is 0.304. The number of amides is 1. The number of aromatic nitrogens is 1. The molecule has 0 saturated carbocycles. The van der Waals surface area contributed by atoms with E-state index in [1.807, 2.05) is 12.1 Å². The summed E-state index contributed by atoms with van der Waals surface area (Å²) in [7, 11) is 0. The lowest BCUT2D eigenvalue weighted by Gasteiger charge is -2.18. The average molecular weight is 392 g/mol. The summed E-state index contributed by atoms with van der Waals surface area (Å²) in [6.45, 7) is 5.38. The number of hydrogen-bond donors (Lipinski definition) is 1. The van der Waals surface area contributed by atoms with Crippen molar-refractivity contribution >= 4 is 11.6 Å². The molecule has 1 N–H and O–H groups in total. The highest BCUT2D eigenvalue weighted by molar-refractivity contribution is 5.91. The van der Waals surface area contributed by atoms with E-state index in [4.69, 9.17) is 13.9 Å². The molecule has 0 bridgehead atoms. The lowest BCUT2D eigenvalue weighted by Crippen LogP contribution is -2.16. The van der Waals surface area contributed by atoms with Gasteiger partial charge in [-0.15, -0.1) is 0 Å². The van der Waals surface area contributed by atoms with Crippen molar-refractivity contribution in [2.24, 2.45) is 0 Å². The monoisotopic (exact) mass is 392 g/mol. The van der Waals surface area contributed by atoms with E-state index in [1.165, 1.54) is 5.56 Å². The Morgan fingerprint density at radius 3 is 2.59 bits per heavy atom. The lowest BCUT2D eigenvalue weighted by molar-refractivity contribution is -0.116. The van der Waals surface area contributed by atoms with E-state index in [0.29, 0.717) is 54.4 Å². The van der Waals surface area contributed by atoms with Gasteiger partial charge in [-0.3, -0.25) is 4.79 Å². The van der Waals surface area contributed by atoms with E-state index >= 15 is 0 Å². The molecule has 0 saturated heterocycles. The van der Waals surface area contributed by atoms with Gasteiger partial charge in [0.05, 0.1) is 6.20 Å². The highest BCUT2D eigenvalue weighted by Crippen LogP contribution is 2.32. The molecule has 6 nitrogen and oxygen atoms in total. The Bertz CT molecular complexity index is 992. The smallest absolute Gasteiger partial charge is 0.224 e. The predicted octanol–water partition coefficient (Wildman–Crippen LogP) is 4.81. The number of anilines is 1. The van der Waals surface area contributed by atoms with Gasteiger partial charge < -0.3 is 19.2 Å². The van der Waals surface area contributed by atoms with Crippen LogP contribution in [0.25, 0.3) is 11.3 Å². The second kappa shape index (κ2) is 8.39. The van der Waals surface area contributed by atoms with Crippen LogP contribution in [0.5, 0.6) is 11.5 Å². The second-order valence-corrected chi connectivity index (χ2v) is 7.30. The number of oxazole rings is 1. The van der Waals surface area contributed by atoms with Crippen molar-refractivity contribution in [3.05, 3.63) is 60.1 Å². The highest BCUT2D eigenvalue weighted by Gasteiger charge is 2.14. The van der Waals surface area contributed by atoms with Crippen LogP contribution in [0.1, 0.15) is 37.6 Å². The first kappa shape index (κ1) is 19.1. The molecule has 0 fully saturated rings. The number of carbonyl (C=O) groups is 1. The minimum atomic E-state index is -0.109. The maximum atomic E-state index is 12.3. The summed E-state index contributed by atoms with van der Waals surface area (Å²) in [4.78, 5) is 16.6. The van der Waals surface area contributed by atoms with Crippen LogP contribution in [0.4, 0.5) is 5.69 Å². The Labute approximate surface area is 169 Å². The van der Waals surface area contributed by atoms with E-state index in [0.717, 1.165) is 5.56 Å². The van der Waals surface area contributed by atoms with Crippen molar-refractivity contribution in [2.45, 2.75) is 32.6 Å². The molecule has 0 unspecified atom stereocenters. The van der Waals surface area contributed by atoms with Crippen LogP contribution in [0.3, 0.4) is 0 Å². The topological polar surface area (TPSA) is 73.6 Å². The van der Waals surface area contributed by atoms with Gasteiger partial charge in [-0.2, -0.15) is 0 Å². The van der Waals surface area contributed by atoms with E-state index in [1.54, 1.807) is 24.4 Å². The maximum absolute atomic E-state index is 12.3. The molecule has 0 radical (unpaired) electrons. The molecule has 29 heavy (non-hydrogen) atoms. The van der Waals surface area contributed by atoms with Crippen LogP contribution >= 0.6 is 0 Å². The quantitative estimate of drug-likeness (QED) is 0.652. The SMILES string of the molecule is CC(C)c1ccc(-c2cnc(CCC(=O)Nc3ccc4c(c3)OCCO4)o2)cc1. The molecule has 2 aromatic carbocycles. The molecular weight excluding hydrogens is 368 g/mol. The largest absolute Gasteiger partial charge is 0.486 e. The average Bonchev–Trinajstić information content (AvgIpc) is 3.21. The number of benzene rings is 2. The number of carbonyl (C=O) groups excluding carboxylic acids is 1. The third-order valence-electron chi connectivity index (χ3n) is 4.81. The normalized spacial score (nSPS) is 12.8. The molecule has 0 atom stereocenters. The summed E-state index contributed by atoms with van der Waals surface area (Å²) in [5, 5.41) is 2.87. The Hall–Kier alpha value is -3.28. The number of nitrogens with zero attached hydrogens (tertiary/aromatic N) is 1. The highest BCUT2D eigenvalue weighted by atomic mass is 16.6. The van der Waals surface area contributed by atoms with Crippen LogP contribution in [-0.2, 0) is 11.2 Å². The van der Waals surface area contributed by atoms with E-state index in [2.05, 4.69) is 36.3 Å². The first-order valence-corrected chi connectivity index (χ1v) is 9.83. The molecule has 3 aromatic rings. The van der Waals surface area contributed by atoms with Crippen LogP contribution in [0, 0.1) is 0 Å². The molecule has 1 aliphatic heterocycles. The molecule has 0 aliphatic carbocycles. The maximum Gasteiger partial charge on any atom is 0.224 e. The van der Waals surface area contributed by atoms with Gasteiger partial charge in [0.1, 0.15) is 13.2 Å². The van der Waals surface area contributed by atoms with Crippen molar-refractivity contribution in [1.82, 2.24) is 4.98 Å². The summed E-state index contributed by atoms with van der Waals surface area (Å²) in [5.74, 6) is 2.98. The zero-order valence-corrected chi connectivity index (χ0v) is 16.6. The minimum absolute atomic E-state index is 0.109. The number of aryl methyl sites for hydroxylation is 1. The second-order valence-electron chi connectivity index (χ2n) is 7.30. The number of hydrogen-bond acceptors (Lipinski definition) is 5. The number of ether oxygens (including phenoxy) is 2. The minimum Gasteiger partial charge on any atom is -0.486 e. The van der Waals surface area contributed by atoms with E-state index < -0.39 is 0 Å². The van der Waals surface area contributed by atoms with Crippen molar-refractivity contribution in [3.63, 3.8) is 0 Å². The number of nitrogens with one attached hydrogen (secondary N) is 1. The van der Waals surface area contributed by atoms with Gasteiger partial charge in [-0.05, 0) is 23.6 Å². The number of rotatable bonds is 6. The fourth-order valence-corrected chi connectivity index (χ4v) is 3.16. The fourth-order valence-electron chi connectivity index (χ4n) is 3.16. The summed E-state index contributed by atoms with van der Waals surface area (Å²) >= 11 is 0. The first-order chi connectivity index (χ1) is 14.1. The standard InChI is InChI=1S/C23H24N2O4/c1-15(2)16-3-5-17(6-4-16)21-14-24-23(29-21)10-9-22(26)25-18-7-8-19-20(13-18)28-12-11-27-19/h3-8,13-15H,9-12H2,1-2H3,(H,25,26). The molecule has 1 aromatic heterocycles. The Morgan fingerprint density at radius 1 is 1.07 bits per heavy atom. The van der Waals surface area contributed by atoms with Crippen molar-refractivity contribution < 1.29 is 18.7 Å². The van der Waals surface area contributed by atoms with Crippen LogP contribution < -0.4 is 14.8 Å². The first-order valence-electron chi connectivity index (χ1n) is 9.83. The molecule has 1 aliphatic rings. The molecule has 2 heterocycles. The number of fused-ring (bicyclic) bond motifs is 1. The van der Waals surface area contributed by atoms with Gasteiger partial charge in [0.2, 0.25) is 5.91 Å². The Kier molecular flexibility index (Phi) is 5.51. The molecule has 4 rings (SSSR count). The van der Waals surface area contributed by atoms with Crippen molar-refractivity contribution in [2.75, 3.05) is 18.5 Å². The molecule has 6 heteroatoms. The van der Waals surface area contributed by atoms with Crippen molar-refractivity contribution in [3.8, 4) is 22.8 Å². The molecule has 150 valence electrons. The molecule has 1 amide bonds. The van der Waals surface area contributed by atoms with E-state index in [-0.39, 0.29) is 12.3 Å². The van der Waals surface area contributed by atoms with Gasteiger partial charge in [0, 0.05) is 30.2 Å². The Balaban J connectivity index is 1.33. The van der Waals surface area contributed by atoms with Crippen LogP contribution in [0.15, 0.2) is 53.1 Å². The van der Waals surface area contributed by atoms with Gasteiger partial charge in [-0.1, -0.05) is 38.1 Å². The summed E-state index contributed by atoms with van der Waals surface area (Å²) in [5.41, 5.74) is 2.94. The summed E-state index contributed by atoms with van der Waals surface area (Å²) in [6.07, 6.45) is 2.42. The predicted molar refractivity (Wildman–Crippen MR) is 110 cm³/mol. The summed E-state index contributed by atoms with van der Waals surface area (Å²) in [6, 6.07) is 13.6.